The fourth-order valence-corrected chi connectivity index (χ4v) is 2.97. The number of benzene rings is 2. The van der Waals surface area contributed by atoms with Gasteiger partial charge in [-0.25, -0.2) is 0 Å². The summed E-state index contributed by atoms with van der Waals surface area (Å²) in [7, 11) is 0. The van der Waals surface area contributed by atoms with Crippen molar-refractivity contribution >= 4 is 34.8 Å². The molecule has 0 amide bonds. The average Bonchev–Trinajstić information content (AvgIpc) is 2.63. The van der Waals surface area contributed by atoms with Crippen LogP contribution in [0, 0.1) is 0 Å². The molecule has 0 aliphatic heterocycles. The second-order valence-electron chi connectivity index (χ2n) is 4.25. The van der Waals surface area contributed by atoms with Gasteiger partial charge in [-0.05, 0) is 16.7 Å². The topological polar surface area (TPSA) is 20.2 Å². The van der Waals surface area contributed by atoms with Crippen LogP contribution in [0.25, 0.3) is 11.1 Å². The molecule has 1 atom stereocenters. The van der Waals surface area contributed by atoms with Crippen LogP contribution < -0.4 is 0 Å². The molecule has 92 valence electrons. The Morgan fingerprint density at radius 3 is 2.28 bits per heavy atom. The van der Waals surface area contributed by atoms with Crippen molar-refractivity contribution in [3.05, 3.63) is 59.2 Å². The van der Waals surface area contributed by atoms with Gasteiger partial charge in [0.1, 0.15) is 6.10 Å². The lowest BCUT2D eigenvalue weighted by Gasteiger charge is -2.18. The van der Waals surface area contributed by atoms with Crippen LogP contribution >= 0.6 is 34.8 Å². The van der Waals surface area contributed by atoms with E-state index in [0.717, 1.165) is 16.7 Å². The summed E-state index contributed by atoms with van der Waals surface area (Å²) in [4.78, 5) is 0. The SMILES string of the molecule is OC1c2ccccc2-c2cccc(C(Cl)(Cl)Cl)c21. The van der Waals surface area contributed by atoms with E-state index in [1.54, 1.807) is 6.07 Å². The molecule has 3 rings (SSSR count). The standard InChI is InChI=1S/C14H9Cl3O/c15-14(16,17)11-7-3-6-9-8-4-1-2-5-10(8)13(18)12(9)11/h1-7,13,18H. The maximum absolute atomic E-state index is 10.4. The molecule has 0 saturated carbocycles. The molecule has 2 aromatic carbocycles. The minimum atomic E-state index is -1.53. The summed E-state index contributed by atoms with van der Waals surface area (Å²) < 4.78 is -1.53. The maximum Gasteiger partial charge on any atom is 0.216 e. The lowest BCUT2D eigenvalue weighted by atomic mass is 10.0. The molecule has 0 spiro atoms. The van der Waals surface area contributed by atoms with Gasteiger partial charge in [0, 0.05) is 11.1 Å². The molecule has 0 heterocycles. The summed E-state index contributed by atoms with van der Waals surface area (Å²) in [6, 6.07) is 13.2. The first-order chi connectivity index (χ1) is 8.50. The first kappa shape index (κ1) is 12.3. The summed E-state index contributed by atoms with van der Waals surface area (Å²) in [5.41, 5.74) is 4.01. The van der Waals surface area contributed by atoms with Crippen LogP contribution in [0.1, 0.15) is 22.8 Å². The minimum Gasteiger partial charge on any atom is -0.384 e. The second-order valence-corrected chi connectivity index (χ2v) is 6.54. The predicted octanol–water partition coefficient (Wildman–Crippen LogP) is 4.58. The molecule has 0 aromatic heterocycles. The van der Waals surface area contributed by atoms with Crippen LogP contribution in [0.3, 0.4) is 0 Å². The third-order valence-electron chi connectivity index (χ3n) is 3.23. The van der Waals surface area contributed by atoms with Crippen LogP contribution in [-0.4, -0.2) is 5.11 Å². The molecule has 1 unspecified atom stereocenters. The fraction of sp³-hybridized carbons (Fsp3) is 0.143. The van der Waals surface area contributed by atoms with Crippen LogP contribution in [0.15, 0.2) is 42.5 Å². The maximum atomic E-state index is 10.4. The predicted molar refractivity (Wildman–Crippen MR) is 75.2 cm³/mol. The zero-order valence-electron chi connectivity index (χ0n) is 9.20. The Hall–Kier alpha value is -0.730. The normalized spacial score (nSPS) is 17.4. The number of aliphatic hydroxyl groups is 1. The van der Waals surface area contributed by atoms with Crippen LogP contribution in [0.2, 0.25) is 0 Å². The Balaban J connectivity index is 2.31. The monoisotopic (exact) mass is 298 g/mol. The molecule has 0 radical (unpaired) electrons. The zero-order valence-corrected chi connectivity index (χ0v) is 11.5. The van der Waals surface area contributed by atoms with Crippen molar-refractivity contribution in [2.45, 2.75) is 9.90 Å². The van der Waals surface area contributed by atoms with E-state index in [0.29, 0.717) is 11.1 Å². The molecule has 1 N–H and O–H groups in total. The molecule has 1 nitrogen and oxygen atoms in total. The number of halogens is 3. The summed E-state index contributed by atoms with van der Waals surface area (Å²) >= 11 is 17.9. The lowest BCUT2D eigenvalue weighted by Crippen LogP contribution is -2.07. The highest BCUT2D eigenvalue weighted by molar-refractivity contribution is 6.66. The third-order valence-corrected chi connectivity index (χ3v) is 3.84. The van der Waals surface area contributed by atoms with Gasteiger partial charge < -0.3 is 5.11 Å². The Morgan fingerprint density at radius 1 is 0.889 bits per heavy atom. The Labute approximate surface area is 120 Å². The quantitative estimate of drug-likeness (QED) is 0.706. The molecule has 1 aliphatic carbocycles. The molecular weight excluding hydrogens is 291 g/mol. The largest absolute Gasteiger partial charge is 0.384 e. The van der Waals surface area contributed by atoms with E-state index in [-0.39, 0.29) is 0 Å². The second kappa shape index (κ2) is 4.14. The number of fused-ring (bicyclic) bond motifs is 3. The van der Waals surface area contributed by atoms with Crippen molar-refractivity contribution in [1.82, 2.24) is 0 Å². The van der Waals surface area contributed by atoms with Gasteiger partial charge in [0.05, 0.1) is 0 Å². The summed E-state index contributed by atoms with van der Waals surface area (Å²) in [6.45, 7) is 0. The van der Waals surface area contributed by atoms with Crippen molar-refractivity contribution < 1.29 is 5.11 Å². The van der Waals surface area contributed by atoms with E-state index in [1.807, 2.05) is 36.4 Å². The Kier molecular flexibility index (Phi) is 2.83. The van der Waals surface area contributed by atoms with Gasteiger partial charge in [0.15, 0.2) is 0 Å². The van der Waals surface area contributed by atoms with Crippen LogP contribution in [0.5, 0.6) is 0 Å². The molecule has 0 saturated heterocycles. The number of hydrogen-bond acceptors (Lipinski definition) is 1. The smallest absolute Gasteiger partial charge is 0.216 e. The van der Waals surface area contributed by atoms with Crippen molar-refractivity contribution in [2.24, 2.45) is 0 Å². The third kappa shape index (κ3) is 1.74. The molecule has 1 aliphatic rings. The number of alkyl halides is 3. The van der Waals surface area contributed by atoms with Gasteiger partial charge in [0.25, 0.3) is 0 Å². The fourth-order valence-electron chi connectivity index (χ4n) is 2.48. The summed E-state index contributed by atoms with van der Waals surface area (Å²) in [5.74, 6) is 0. The van der Waals surface area contributed by atoms with Crippen molar-refractivity contribution in [2.75, 3.05) is 0 Å². The minimum absolute atomic E-state index is 0.536. The van der Waals surface area contributed by atoms with Crippen LogP contribution in [0.4, 0.5) is 0 Å². The van der Waals surface area contributed by atoms with Gasteiger partial charge >= 0.3 is 0 Å². The highest BCUT2D eigenvalue weighted by Crippen LogP contribution is 2.50. The van der Waals surface area contributed by atoms with E-state index < -0.39 is 9.90 Å². The highest BCUT2D eigenvalue weighted by atomic mass is 35.6. The lowest BCUT2D eigenvalue weighted by molar-refractivity contribution is 0.224. The first-order valence-electron chi connectivity index (χ1n) is 5.47. The average molecular weight is 300 g/mol. The molecule has 0 fully saturated rings. The Morgan fingerprint density at radius 2 is 1.56 bits per heavy atom. The summed E-state index contributed by atoms with van der Waals surface area (Å²) in [6.07, 6.45) is -0.733. The van der Waals surface area contributed by atoms with E-state index in [9.17, 15) is 5.11 Å². The van der Waals surface area contributed by atoms with Crippen LogP contribution in [-0.2, 0) is 3.79 Å². The van der Waals surface area contributed by atoms with Crippen molar-refractivity contribution in [3.8, 4) is 11.1 Å². The van der Waals surface area contributed by atoms with Gasteiger partial charge in [0.2, 0.25) is 3.79 Å². The molecule has 2 aromatic rings. The first-order valence-corrected chi connectivity index (χ1v) is 6.61. The van der Waals surface area contributed by atoms with Gasteiger partial charge in [-0.15, -0.1) is 0 Å². The van der Waals surface area contributed by atoms with Gasteiger partial charge in [-0.1, -0.05) is 77.3 Å². The van der Waals surface area contributed by atoms with Crippen molar-refractivity contribution in [1.29, 1.82) is 0 Å². The number of hydrogen-bond donors (Lipinski definition) is 1. The zero-order chi connectivity index (χ0) is 12.9. The Bertz CT molecular complexity index is 617. The number of rotatable bonds is 0. The molecular formula is C14H9Cl3O. The summed E-state index contributed by atoms with van der Waals surface area (Å²) in [5, 5.41) is 10.4. The van der Waals surface area contributed by atoms with Gasteiger partial charge in [-0.2, -0.15) is 0 Å². The van der Waals surface area contributed by atoms with E-state index in [1.165, 1.54) is 0 Å². The van der Waals surface area contributed by atoms with Crippen molar-refractivity contribution in [3.63, 3.8) is 0 Å². The van der Waals surface area contributed by atoms with E-state index in [4.69, 9.17) is 34.8 Å². The van der Waals surface area contributed by atoms with E-state index >= 15 is 0 Å². The highest BCUT2D eigenvalue weighted by Gasteiger charge is 2.35. The van der Waals surface area contributed by atoms with Gasteiger partial charge in [-0.3, -0.25) is 0 Å². The molecule has 18 heavy (non-hydrogen) atoms. The van der Waals surface area contributed by atoms with E-state index in [2.05, 4.69) is 0 Å². The number of aliphatic hydroxyl groups excluding tert-OH is 1. The molecule has 4 heteroatoms. The molecule has 0 bridgehead atoms.